The summed E-state index contributed by atoms with van der Waals surface area (Å²) in [5.41, 5.74) is 2.93. The lowest BCUT2D eigenvalue weighted by molar-refractivity contribution is 0.208. The van der Waals surface area contributed by atoms with Crippen LogP contribution < -0.4 is 4.74 Å². The minimum atomic E-state index is -0.247. The van der Waals surface area contributed by atoms with Gasteiger partial charge in [-0.1, -0.05) is 53.2 Å². The first-order chi connectivity index (χ1) is 15.5. The van der Waals surface area contributed by atoms with Gasteiger partial charge in [0.25, 0.3) is 0 Å². The molecule has 0 amide bonds. The van der Waals surface area contributed by atoms with Gasteiger partial charge in [-0.25, -0.2) is 4.98 Å². The van der Waals surface area contributed by atoms with Gasteiger partial charge in [0.2, 0.25) is 0 Å². The van der Waals surface area contributed by atoms with Crippen molar-refractivity contribution in [1.29, 1.82) is 0 Å². The van der Waals surface area contributed by atoms with Crippen LogP contribution in [0.1, 0.15) is 37.0 Å². The zero-order valence-electron chi connectivity index (χ0n) is 17.9. The van der Waals surface area contributed by atoms with E-state index in [0.29, 0.717) is 15.8 Å². The zero-order valence-corrected chi connectivity index (χ0v) is 21.0. The van der Waals surface area contributed by atoms with Gasteiger partial charge < -0.3 is 9.30 Å². The van der Waals surface area contributed by atoms with E-state index in [1.807, 2.05) is 56.3 Å². The Hall–Kier alpha value is -2.06. The smallest absolute Gasteiger partial charge is 0.191 e. The van der Waals surface area contributed by atoms with Gasteiger partial charge in [-0.15, -0.1) is 21.5 Å². The number of benzene rings is 2. The number of hydrogen-bond donors (Lipinski definition) is 0. The second kappa shape index (κ2) is 10.3. The maximum atomic E-state index is 6.31. The Morgan fingerprint density at radius 2 is 1.97 bits per heavy atom. The van der Waals surface area contributed by atoms with E-state index in [9.17, 15) is 0 Å². The molecule has 9 heteroatoms. The molecule has 0 aliphatic rings. The molecule has 0 aliphatic heterocycles. The van der Waals surface area contributed by atoms with Crippen molar-refractivity contribution < 1.29 is 4.74 Å². The first-order valence-electron chi connectivity index (χ1n) is 10.1. The highest BCUT2D eigenvalue weighted by Gasteiger charge is 2.20. The summed E-state index contributed by atoms with van der Waals surface area (Å²) in [7, 11) is 0. The summed E-state index contributed by atoms with van der Waals surface area (Å²) in [4.78, 5) is 4.75. The van der Waals surface area contributed by atoms with Gasteiger partial charge in [-0.3, -0.25) is 0 Å². The summed E-state index contributed by atoms with van der Waals surface area (Å²) < 4.78 is 8.24. The average molecular weight is 505 g/mol. The number of nitrogens with zero attached hydrogens (tertiary/aromatic N) is 4. The van der Waals surface area contributed by atoms with Crippen molar-refractivity contribution in [3.05, 3.63) is 75.0 Å². The van der Waals surface area contributed by atoms with Crippen molar-refractivity contribution in [2.75, 3.05) is 0 Å². The molecule has 0 bridgehead atoms. The first-order valence-corrected chi connectivity index (χ1v) is 12.8. The van der Waals surface area contributed by atoms with E-state index in [1.54, 1.807) is 23.1 Å². The van der Waals surface area contributed by atoms with Crippen LogP contribution in [0.5, 0.6) is 5.75 Å². The van der Waals surface area contributed by atoms with Crippen molar-refractivity contribution >= 4 is 46.3 Å². The molecule has 0 N–H and O–H groups in total. The molecule has 0 aliphatic carbocycles. The van der Waals surface area contributed by atoms with Crippen LogP contribution in [0, 0.1) is 6.92 Å². The van der Waals surface area contributed by atoms with E-state index in [4.69, 9.17) is 32.9 Å². The maximum absolute atomic E-state index is 6.31. The minimum absolute atomic E-state index is 0.247. The lowest BCUT2D eigenvalue weighted by Gasteiger charge is -2.17. The molecule has 0 saturated heterocycles. The number of rotatable bonds is 8. The quantitative estimate of drug-likeness (QED) is 0.233. The maximum Gasteiger partial charge on any atom is 0.191 e. The second-order valence-corrected chi connectivity index (χ2v) is 9.81. The third-order valence-electron chi connectivity index (χ3n) is 4.87. The third-order valence-corrected chi connectivity index (χ3v) is 7.36. The molecule has 4 aromatic rings. The molecule has 2 heterocycles. The molecule has 2 aromatic carbocycles. The highest BCUT2D eigenvalue weighted by Crippen LogP contribution is 2.33. The molecule has 0 spiro atoms. The second-order valence-electron chi connectivity index (χ2n) is 7.17. The van der Waals surface area contributed by atoms with Gasteiger partial charge in [0, 0.05) is 28.3 Å². The standard InChI is InChI=1S/C23H22Cl2N4OS2/c1-4-29-21(15(3)30-20-10-9-16(24)11-14(20)2)27-28-23(29)32-13-17-12-31-22(26-17)18-7-5-6-8-19(18)25/h5-12,15H,4,13H2,1-3H3. The van der Waals surface area contributed by atoms with Gasteiger partial charge in [-0.2, -0.15) is 0 Å². The molecule has 1 atom stereocenters. The fourth-order valence-electron chi connectivity index (χ4n) is 3.26. The summed E-state index contributed by atoms with van der Waals surface area (Å²) in [6, 6.07) is 13.4. The van der Waals surface area contributed by atoms with Crippen LogP contribution in [-0.2, 0) is 12.3 Å². The van der Waals surface area contributed by atoms with Gasteiger partial charge in [0.15, 0.2) is 17.1 Å². The van der Waals surface area contributed by atoms with Crippen molar-refractivity contribution in [1.82, 2.24) is 19.7 Å². The Morgan fingerprint density at radius 3 is 2.72 bits per heavy atom. The molecule has 5 nitrogen and oxygen atoms in total. The SMILES string of the molecule is CCn1c(SCc2csc(-c3ccccc3Cl)n2)nnc1C(C)Oc1ccc(Cl)cc1C. The number of aromatic nitrogens is 4. The zero-order chi connectivity index (χ0) is 22.7. The molecule has 2 aromatic heterocycles. The Kier molecular flexibility index (Phi) is 7.40. The molecule has 0 saturated carbocycles. The number of hydrogen-bond acceptors (Lipinski definition) is 6. The summed E-state index contributed by atoms with van der Waals surface area (Å²) in [5, 5.41) is 14.1. The number of thioether (sulfide) groups is 1. The number of ether oxygens (including phenoxy) is 1. The summed E-state index contributed by atoms with van der Waals surface area (Å²) >= 11 is 15.6. The van der Waals surface area contributed by atoms with Crippen LogP contribution in [0.15, 0.2) is 53.0 Å². The van der Waals surface area contributed by atoms with Gasteiger partial charge in [-0.05, 0) is 50.6 Å². The predicted molar refractivity (Wildman–Crippen MR) is 133 cm³/mol. The fraction of sp³-hybridized carbons (Fsp3) is 0.261. The van der Waals surface area contributed by atoms with Gasteiger partial charge >= 0.3 is 0 Å². The normalized spacial score (nSPS) is 12.2. The Labute approximate surface area is 205 Å². The number of thiazole rings is 1. The summed E-state index contributed by atoms with van der Waals surface area (Å²) in [6.45, 7) is 6.79. The summed E-state index contributed by atoms with van der Waals surface area (Å²) in [5.74, 6) is 2.28. The Balaban J connectivity index is 1.46. The predicted octanol–water partition coefficient (Wildman–Crippen LogP) is 7.47. The van der Waals surface area contributed by atoms with Gasteiger partial charge in [0.1, 0.15) is 10.8 Å². The van der Waals surface area contributed by atoms with E-state index < -0.39 is 0 Å². The van der Waals surface area contributed by atoms with Crippen LogP contribution >= 0.6 is 46.3 Å². The average Bonchev–Trinajstić information content (AvgIpc) is 3.41. The molecule has 1 unspecified atom stereocenters. The first kappa shape index (κ1) is 23.1. The van der Waals surface area contributed by atoms with E-state index >= 15 is 0 Å². The number of aryl methyl sites for hydroxylation is 1. The van der Waals surface area contributed by atoms with Crippen molar-refractivity contribution in [3.8, 4) is 16.3 Å². The Morgan fingerprint density at radius 1 is 1.16 bits per heavy atom. The lowest BCUT2D eigenvalue weighted by atomic mass is 10.2. The van der Waals surface area contributed by atoms with E-state index in [1.165, 1.54) is 0 Å². The molecule has 166 valence electrons. The van der Waals surface area contributed by atoms with Crippen LogP contribution in [0.2, 0.25) is 10.0 Å². The van der Waals surface area contributed by atoms with Crippen LogP contribution in [0.4, 0.5) is 0 Å². The van der Waals surface area contributed by atoms with Crippen molar-refractivity contribution in [2.24, 2.45) is 0 Å². The summed E-state index contributed by atoms with van der Waals surface area (Å²) in [6.07, 6.45) is -0.247. The molecule has 0 fully saturated rings. The molecule has 32 heavy (non-hydrogen) atoms. The van der Waals surface area contributed by atoms with Crippen molar-refractivity contribution in [3.63, 3.8) is 0 Å². The van der Waals surface area contributed by atoms with Crippen LogP contribution in [-0.4, -0.2) is 19.7 Å². The molecular weight excluding hydrogens is 483 g/mol. The lowest BCUT2D eigenvalue weighted by Crippen LogP contribution is -2.12. The highest BCUT2D eigenvalue weighted by atomic mass is 35.5. The van der Waals surface area contributed by atoms with Crippen LogP contribution in [0.3, 0.4) is 0 Å². The molecule has 0 radical (unpaired) electrons. The largest absolute Gasteiger partial charge is 0.482 e. The minimum Gasteiger partial charge on any atom is -0.482 e. The van der Waals surface area contributed by atoms with E-state index in [0.717, 1.165) is 45.1 Å². The Bertz CT molecular complexity index is 1220. The third kappa shape index (κ3) is 5.12. The topological polar surface area (TPSA) is 52.8 Å². The monoisotopic (exact) mass is 504 g/mol. The number of halogens is 2. The fourth-order valence-corrected chi connectivity index (χ4v) is 5.64. The highest BCUT2D eigenvalue weighted by molar-refractivity contribution is 7.98. The van der Waals surface area contributed by atoms with Crippen molar-refractivity contribution in [2.45, 2.75) is 44.3 Å². The van der Waals surface area contributed by atoms with Crippen LogP contribution in [0.25, 0.3) is 10.6 Å². The molecule has 4 rings (SSSR count). The van der Waals surface area contributed by atoms with Gasteiger partial charge in [0.05, 0.1) is 10.7 Å². The molecular formula is C23H22Cl2N4OS2. The van der Waals surface area contributed by atoms with E-state index in [2.05, 4.69) is 27.1 Å². The van der Waals surface area contributed by atoms with E-state index in [-0.39, 0.29) is 6.10 Å².